The van der Waals surface area contributed by atoms with Crippen LogP contribution in [0.2, 0.25) is 0 Å². The first kappa shape index (κ1) is 15.9. The Morgan fingerprint density at radius 3 is 2.81 bits per heavy atom. The van der Waals surface area contributed by atoms with E-state index in [-0.39, 0.29) is 23.7 Å². The van der Waals surface area contributed by atoms with Gasteiger partial charge >= 0.3 is 0 Å². The molecule has 0 unspecified atom stereocenters. The lowest BCUT2D eigenvalue weighted by Gasteiger charge is -2.25. The molecule has 0 aliphatic carbocycles. The molecule has 0 bridgehead atoms. The highest BCUT2D eigenvalue weighted by atomic mass is 32.2. The van der Waals surface area contributed by atoms with Crippen LogP contribution in [0, 0.1) is 12.8 Å². The first-order valence-electron chi connectivity index (χ1n) is 7.22. The zero-order chi connectivity index (χ0) is 15.4. The van der Waals surface area contributed by atoms with Gasteiger partial charge in [-0.05, 0) is 24.0 Å². The van der Waals surface area contributed by atoms with Crippen molar-refractivity contribution in [2.24, 2.45) is 5.92 Å². The van der Waals surface area contributed by atoms with Crippen molar-refractivity contribution in [1.82, 2.24) is 10.2 Å². The van der Waals surface area contributed by atoms with Gasteiger partial charge in [0.2, 0.25) is 11.8 Å². The van der Waals surface area contributed by atoms with Gasteiger partial charge in [0.15, 0.2) is 0 Å². The number of nitrogens with one attached hydrogen (secondary N) is 1. The Morgan fingerprint density at radius 1 is 1.43 bits per heavy atom. The molecule has 1 aliphatic heterocycles. The molecule has 0 spiro atoms. The maximum atomic E-state index is 12.1. The molecule has 1 aromatic carbocycles. The average molecular weight is 306 g/mol. The lowest BCUT2D eigenvalue weighted by atomic mass is 10.1. The summed E-state index contributed by atoms with van der Waals surface area (Å²) in [4.78, 5) is 25.7. The largest absolute Gasteiger partial charge is 0.354 e. The summed E-state index contributed by atoms with van der Waals surface area (Å²) < 4.78 is 0. The van der Waals surface area contributed by atoms with Gasteiger partial charge < -0.3 is 10.2 Å². The summed E-state index contributed by atoms with van der Waals surface area (Å²) in [6, 6.07) is 8.03. The van der Waals surface area contributed by atoms with Gasteiger partial charge in [0, 0.05) is 6.54 Å². The molecule has 1 N–H and O–H groups in total. The molecule has 0 aromatic heterocycles. The number of rotatable bonds is 5. The van der Waals surface area contributed by atoms with E-state index in [1.165, 1.54) is 0 Å². The third kappa shape index (κ3) is 4.00. The quantitative estimate of drug-likeness (QED) is 0.908. The summed E-state index contributed by atoms with van der Waals surface area (Å²) in [6.45, 7) is 6.91. The van der Waals surface area contributed by atoms with E-state index in [0.717, 1.165) is 11.1 Å². The van der Waals surface area contributed by atoms with Crippen LogP contribution in [0.25, 0.3) is 0 Å². The summed E-state index contributed by atoms with van der Waals surface area (Å²) in [5.74, 6) is 0.798. The predicted octanol–water partition coefficient (Wildman–Crippen LogP) is 2.34. The van der Waals surface area contributed by atoms with Crippen LogP contribution in [0.1, 0.15) is 30.3 Å². The minimum atomic E-state index is -0.0851. The molecule has 4 nitrogen and oxygen atoms in total. The van der Waals surface area contributed by atoms with Crippen molar-refractivity contribution in [2.45, 2.75) is 26.1 Å². The summed E-state index contributed by atoms with van der Waals surface area (Å²) in [5.41, 5.74) is 2.27. The number of nitrogens with zero attached hydrogens (tertiary/aromatic N) is 1. The number of carbonyl (C=O) groups is 2. The Morgan fingerprint density at radius 2 is 2.14 bits per heavy atom. The monoisotopic (exact) mass is 306 g/mol. The van der Waals surface area contributed by atoms with Gasteiger partial charge in [-0.15, -0.1) is 11.8 Å². The Hall–Kier alpha value is -1.49. The van der Waals surface area contributed by atoms with Crippen molar-refractivity contribution in [3.63, 3.8) is 0 Å². The molecule has 1 saturated heterocycles. The topological polar surface area (TPSA) is 49.4 Å². The van der Waals surface area contributed by atoms with E-state index in [2.05, 4.69) is 5.32 Å². The van der Waals surface area contributed by atoms with E-state index in [1.807, 2.05) is 45.0 Å². The number of amides is 2. The lowest BCUT2D eigenvalue weighted by Crippen LogP contribution is -2.40. The normalized spacial score (nSPS) is 18.4. The standard InChI is InChI=1S/C16H22N2O2S/c1-11(2)8-17-14(19)9-18-15(20)10-21-16(18)13-7-5-4-6-12(13)3/h4-7,11,16H,8-10H2,1-3H3,(H,17,19)/t16-/m0/s1. The van der Waals surface area contributed by atoms with Crippen LogP contribution in [-0.2, 0) is 9.59 Å². The highest BCUT2D eigenvalue weighted by Crippen LogP contribution is 2.39. The molecule has 0 saturated carbocycles. The number of aryl methyl sites for hydroxylation is 1. The highest BCUT2D eigenvalue weighted by molar-refractivity contribution is 8.00. The van der Waals surface area contributed by atoms with E-state index in [4.69, 9.17) is 0 Å². The van der Waals surface area contributed by atoms with Crippen molar-refractivity contribution < 1.29 is 9.59 Å². The zero-order valence-corrected chi connectivity index (χ0v) is 13.6. The molecule has 114 valence electrons. The van der Waals surface area contributed by atoms with E-state index < -0.39 is 0 Å². The van der Waals surface area contributed by atoms with Gasteiger partial charge in [0.1, 0.15) is 11.9 Å². The number of benzene rings is 1. The molecule has 1 atom stereocenters. The third-order valence-corrected chi connectivity index (χ3v) is 4.68. The lowest BCUT2D eigenvalue weighted by molar-refractivity contribution is -0.133. The van der Waals surface area contributed by atoms with Crippen LogP contribution in [0.4, 0.5) is 0 Å². The number of thioether (sulfide) groups is 1. The second-order valence-corrected chi connectivity index (χ2v) is 6.81. The Balaban J connectivity index is 2.07. The second-order valence-electron chi connectivity index (χ2n) is 5.74. The van der Waals surface area contributed by atoms with Crippen LogP contribution in [0.5, 0.6) is 0 Å². The number of carbonyl (C=O) groups excluding carboxylic acids is 2. The molecule has 0 radical (unpaired) electrons. The van der Waals surface area contributed by atoms with Crippen molar-refractivity contribution in [2.75, 3.05) is 18.8 Å². The summed E-state index contributed by atoms with van der Waals surface area (Å²) in [5, 5.41) is 2.82. The summed E-state index contributed by atoms with van der Waals surface area (Å²) >= 11 is 1.59. The van der Waals surface area contributed by atoms with Gasteiger partial charge in [-0.2, -0.15) is 0 Å². The molecule has 1 fully saturated rings. The van der Waals surface area contributed by atoms with Crippen molar-refractivity contribution in [1.29, 1.82) is 0 Å². The molecule has 1 aliphatic rings. The van der Waals surface area contributed by atoms with Crippen LogP contribution in [0.3, 0.4) is 0 Å². The smallest absolute Gasteiger partial charge is 0.239 e. The van der Waals surface area contributed by atoms with Crippen LogP contribution >= 0.6 is 11.8 Å². The van der Waals surface area contributed by atoms with Crippen molar-refractivity contribution >= 4 is 23.6 Å². The van der Waals surface area contributed by atoms with Crippen molar-refractivity contribution in [3.8, 4) is 0 Å². The summed E-state index contributed by atoms with van der Waals surface area (Å²) in [6.07, 6.45) is 0. The maximum Gasteiger partial charge on any atom is 0.239 e. The molecule has 2 rings (SSSR count). The zero-order valence-electron chi connectivity index (χ0n) is 12.8. The van der Waals surface area contributed by atoms with Crippen LogP contribution in [-0.4, -0.2) is 35.6 Å². The number of hydrogen-bond acceptors (Lipinski definition) is 3. The first-order valence-corrected chi connectivity index (χ1v) is 8.27. The predicted molar refractivity (Wildman–Crippen MR) is 85.9 cm³/mol. The van der Waals surface area contributed by atoms with Gasteiger partial charge in [-0.3, -0.25) is 9.59 Å². The fraction of sp³-hybridized carbons (Fsp3) is 0.500. The third-order valence-electron chi connectivity index (χ3n) is 3.44. The molecular weight excluding hydrogens is 284 g/mol. The van der Waals surface area contributed by atoms with Crippen LogP contribution in [0.15, 0.2) is 24.3 Å². The minimum absolute atomic E-state index is 0.0351. The van der Waals surface area contributed by atoms with Gasteiger partial charge in [-0.25, -0.2) is 0 Å². The maximum absolute atomic E-state index is 12.1. The SMILES string of the molecule is Cc1ccccc1[C@@H]1SCC(=O)N1CC(=O)NCC(C)C. The Bertz CT molecular complexity index is 531. The molecule has 1 aromatic rings. The molecule has 5 heteroatoms. The van der Waals surface area contributed by atoms with Crippen molar-refractivity contribution in [3.05, 3.63) is 35.4 Å². The summed E-state index contributed by atoms with van der Waals surface area (Å²) in [7, 11) is 0. The second kappa shape index (κ2) is 6.98. The van der Waals surface area contributed by atoms with Crippen LogP contribution < -0.4 is 5.32 Å². The average Bonchev–Trinajstić information content (AvgIpc) is 2.79. The number of hydrogen-bond donors (Lipinski definition) is 1. The minimum Gasteiger partial charge on any atom is -0.354 e. The fourth-order valence-electron chi connectivity index (χ4n) is 2.28. The molecule has 2 amide bonds. The van der Waals surface area contributed by atoms with Gasteiger partial charge in [0.05, 0.1) is 5.75 Å². The van der Waals surface area contributed by atoms with E-state index in [0.29, 0.717) is 18.2 Å². The van der Waals surface area contributed by atoms with Gasteiger partial charge in [0.25, 0.3) is 0 Å². The molecular formula is C16H22N2O2S. The fourth-order valence-corrected chi connectivity index (χ4v) is 3.56. The Kier molecular flexibility index (Phi) is 5.28. The van der Waals surface area contributed by atoms with E-state index in [1.54, 1.807) is 16.7 Å². The van der Waals surface area contributed by atoms with E-state index in [9.17, 15) is 9.59 Å². The molecule has 1 heterocycles. The molecule has 21 heavy (non-hydrogen) atoms. The Labute approximate surface area is 130 Å². The van der Waals surface area contributed by atoms with E-state index >= 15 is 0 Å². The first-order chi connectivity index (χ1) is 9.99. The van der Waals surface area contributed by atoms with Gasteiger partial charge in [-0.1, -0.05) is 38.1 Å². The highest BCUT2D eigenvalue weighted by Gasteiger charge is 2.34.